The summed E-state index contributed by atoms with van der Waals surface area (Å²) in [6.45, 7) is 16.2. The molecule has 1 saturated heterocycles. The molecule has 5 rings (SSSR count). The lowest BCUT2D eigenvalue weighted by molar-refractivity contribution is 0.00578. The van der Waals surface area contributed by atoms with Crippen LogP contribution < -0.4 is 10.8 Å². The minimum Gasteiger partial charge on any atom is -0.444 e. The number of rotatable bonds is 4. The highest BCUT2D eigenvalue weighted by molar-refractivity contribution is 6.66. The Kier molecular flexibility index (Phi) is 8.57. The second kappa shape index (κ2) is 11.7. The van der Waals surface area contributed by atoms with Gasteiger partial charge in [-0.2, -0.15) is 0 Å². The van der Waals surface area contributed by atoms with Crippen LogP contribution in [0, 0.1) is 6.92 Å². The molecule has 0 atom stereocenters. The van der Waals surface area contributed by atoms with Crippen LogP contribution in [0.2, 0.25) is 10.0 Å². The highest BCUT2D eigenvalue weighted by Crippen LogP contribution is 2.40. The molecule has 11 heteroatoms. The van der Waals surface area contributed by atoms with Gasteiger partial charge in [0.2, 0.25) is 0 Å². The number of halogens is 2. The fourth-order valence-electron chi connectivity index (χ4n) is 5.28. The number of nitrogens with one attached hydrogen (secondary N) is 1. The van der Waals surface area contributed by atoms with Gasteiger partial charge in [-0.3, -0.25) is 4.79 Å². The molecule has 0 radical (unpaired) electrons. The molecule has 0 spiro atoms. The van der Waals surface area contributed by atoms with Crippen molar-refractivity contribution in [2.24, 2.45) is 0 Å². The van der Waals surface area contributed by atoms with E-state index >= 15 is 0 Å². The van der Waals surface area contributed by atoms with E-state index in [-0.39, 0.29) is 12.2 Å². The Morgan fingerprint density at radius 3 is 2.25 bits per heavy atom. The summed E-state index contributed by atoms with van der Waals surface area (Å²) in [4.78, 5) is 32.4. The van der Waals surface area contributed by atoms with Crippen LogP contribution in [0.4, 0.5) is 10.5 Å². The van der Waals surface area contributed by atoms with Crippen LogP contribution in [0.1, 0.15) is 75.8 Å². The quantitative estimate of drug-likeness (QED) is 0.304. The van der Waals surface area contributed by atoms with Gasteiger partial charge in [0.15, 0.2) is 0 Å². The summed E-state index contributed by atoms with van der Waals surface area (Å²) in [6.07, 6.45) is 0.233. The van der Waals surface area contributed by atoms with Crippen LogP contribution >= 0.6 is 23.2 Å². The maximum Gasteiger partial charge on any atom is 0.496 e. The Bertz CT molecular complexity index is 1620. The number of carbonyl (C=O) groups is 2. The molecule has 2 aromatic carbocycles. The number of benzene rings is 2. The van der Waals surface area contributed by atoms with E-state index in [9.17, 15) is 9.59 Å². The van der Waals surface area contributed by atoms with E-state index in [2.05, 4.69) is 10.3 Å². The molecule has 2 amide bonds. The van der Waals surface area contributed by atoms with Gasteiger partial charge in [0, 0.05) is 28.2 Å². The van der Waals surface area contributed by atoms with Crippen molar-refractivity contribution in [2.75, 3.05) is 11.9 Å². The summed E-state index contributed by atoms with van der Waals surface area (Å²) < 4.78 is 18.0. The number of nitrogens with zero attached hydrogens (tertiary/aromatic N) is 2. The van der Waals surface area contributed by atoms with Crippen LogP contribution in [-0.2, 0) is 27.0 Å². The van der Waals surface area contributed by atoms with Crippen molar-refractivity contribution in [2.45, 2.75) is 85.2 Å². The third-order valence-corrected chi connectivity index (χ3v) is 9.19. The standard InChI is InChI=1S/C33H38BCl2N3O5/c1-19-17-25(37-26-18-39(16-15-20(19)26)30(41)42-31(2,3)4)29(40)38-24-14-10-12-22(28(24)36)21-11-9-13-23(27(21)35)34-43-32(5,6)33(7,8)44-34/h9-14,17H,15-16,18H2,1-8H3,(H,38,40). The minimum atomic E-state index is -0.640. The summed E-state index contributed by atoms with van der Waals surface area (Å²) in [7, 11) is -0.640. The third kappa shape index (κ3) is 6.34. The first-order chi connectivity index (χ1) is 20.5. The van der Waals surface area contributed by atoms with Crippen LogP contribution in [-0.4, -0.2) is 52.4 Å². The third-order valence-electron chi connectivity index (χ3n) is 8.36. The molecule has 0 unspecified atom stereocenters. The van der Waals surface area contributed by atoms with Gasteiger partial charge in [-0.05, 0) is 85.1 Å². The van der Waals surface area contributed by atoms with Crippen LogP contribution in [0.15, 0.2) is 42.5 Å². The van der Waals surface area contributed by atoms with E-state index < -0.39 is 35.9 Å². The zero-order chi connectivity index (χ0) is 32.2. The van der Waals surface area contributed by atoms with E-state index in [1.54, 1.807) is 23.1 Å². The van der Waals surface area contributed by atoms with Crippen LogP contribution in [0.3, 0.4) is 0 Å². The van der Waals surface area contributed by atoms with Crippen molar-refractivity contribution in [3.63, 3.8) is 0 Å². The van der Waals surface area contributed by atoms with E-state index in [1.165, 1.54) is 0 Å². The predicted octanol–water partition coefficient (Wildman–Crippen LogP) is 7.21. The average molecular weight is 638 g/mol. The van der Waals surface area contributed by atoms with Gasteiger partial charge in [0.25, 0.3) is 5.91 Å². The lowest BCUT2D eigenvalue weighted by atomic mass is 9.77. The maximum atomic E-state index is 13.5. The van der Waals surface area contributed by atoms with Crippen molar-refractivity contribution >= 4 is 53.5 Å². The smallest absolute Gasteiger partial charge is 0.444 e. The number of hydrogen-bond acceptors (Lipinski definition) is 6. The number of ether oxygens (including phenoxy) is 1. The Balaban J connectivity index is 1.39. The Hall–Kier alpha value is -3.11. The summed E-state index contributed by atoms with van der Waals surface area (Å²) in [5.74, 6) is -0.415. The second-order valence-corrected chi connectivity index (χ2v) is 14.1. The lowest BCUT2D eigenvalue weighted by Crippen LogP contribution is -2.41. The van der Waals surface area contributed by atoms with Gasteiger partial charge in [-0.25, -0.2) is 9.78 Å². The van der Waals surface area contributed by atoms with E-state index in [0.29, 0.717) is 51.0 Å². The second-order valence-electron chi connectivity index (χ2n) is 13.3. The summed E-state index contributed by atoms with van der Waals surface area (Å²) in [5.41, 5.74) is 3.70. The Morgan fingerprint density at radius 1 is 1.00 bits per heavy atom. The van der Waals surface area contributed by atoms with Crippen molar-refractivity contribution in [3.05, 3.63) is 75.0 Å². The van der Waals surface area contributed by atoms with Gasteiger partial charge < -0.3 is 24.3 Å². The molecular weight excluding hydrogens is 600 g/mol. The largest absolute Gasteiger partial charge is 0.496 e. The summed E-state index contributed by atoms with van der Waals surface area (Å²) in [6, 6.07) is 12.8. The molecule has 3 heterocycles. The number of amides is 2. The first kappa shape index (κ1) is 32.3. The first-order valence-corrected chi connectivity index (χ1v) is 15.4. The normalized spacial score (nSPS) is 17.3. The molecule has 1 N–H and O–H groups in total. The SMILES string of the molecule is Cc1cc(C(=O)Nc2cccc(-c3cccc(B4OC(C)(C)C(C)(C)O4)c3Cl)c2Cl)nc2c1CCN(C(=O)OC(C)(C)C)C2. The number of anilines is 1. The van der Waals surface area contributed by atoms with Gasteiger partial charge in [0.05, 0.1) is 34.2 Å². The van der Waals surface area contributed by atoms with Crippen LogP contribution in [0.5, 0.6) is 0 Å². The molecule has 1 fully saturated rings. The van der Waals surface area contributed by atoms with Gasteiger partial charge in [0.1, 0.15) is 11.3 Å². The fourth-order valence-corrected chi connectivity index (χ4v) is 5.87. The van der Waals surface area contributed by atoms with Gasteiger partial charge in [-0.1, -0.05) is 53.5 Å². The minimum absolute atomic E-state index is 0.231. The highest BCUT2D eigenvalue weighted by Gasteiger charge is 2.52. The van der Waals surface area contributed by atoms with Crippen LogP contribution in [0.25, 0.3) is 11.1 Å². The molecule has 0 saturated carbocycles. The number of hydrogen-bond donors (Lipinski definition) is 1. The molecule has 0 bridgehead atoms. The van der Waals surface area contributed by atoms with Crippen molar-refractivity contribution in [1.29, 1.82) is 0 Å². The summed E-state index contributed by atoms with van der Waals surface area (Å²) >= 11 is 13.8. The number of carbonyl (C=O) groups excluding carboxylic acids is 2. The van der Waals surface area contributed by atoms with Crippen molar-refractivity contribution < 1.29 is 23.6 Å². The summed E-state index contributed by atoms with van der Waals surface area (Å²) in [5, 5.41) is 3.70. The fraction of sp³-hybridized carbons (Fsp3) is 0.424. The predicted molar refractivity (Wildman–Crippen MR) is 175 cm³/mol. The molecule has 44 heavy (non-hydrogen) atoms. The van der Waals surface area contributed by atoms with Crippen molar-refractivity contribution in [3.8, 4) is 11.1 Å². The maximum absolute atomic E-state index is 13.5. The molecule has 3 aromatic rings. The number of aryl methyl sites for hydroxylation is 1. The topological polar surface area (TPSA) is 90.0 Å². The van der Waals surface area contributed by atoms with Gasteiger partial charge in [-0.15, -0.1) is 0 Å². The van der Waals surface area contributed by atoms with Crippen molar-refractivity contribution in [1.82, 2.24) is 9.88 Å². The number of pyridine rings is 1. The highest BCUT2D eigenvalue weighted by atomic mass is 35.5. The first-order valence-electron chi connectivity index (χ1n) is 14.7. The molecular formula is C33H38BCl2N3O5. The molecule has 232 valence electrons. The number of fused-ring (bicyclic) bond motifs is 1. The zero-order valence-corrected chi connectivity index (χ0v) is 27.9. The van der Waals surface area contributed by atoms with E-state index in [4.69, 9.17) is 37.2 Å². The molecule has 0 aliphatic carbocycles. The van der Waals surface area contributed by atoms with E-state index in [0.717, 1.165) is 11.1 Å². The Labute approximate surface area is 269 Å². The monoisotopic (exact) mass is 637 g/mol. The van der Waals surface area contributed by atoms with E-state index in [1.807, 2.05) is 79.7 Å². The average Bonchev–Trinajstić information content (AvgIpc) is 3.15. The Morgan fingerprint density at radius 2 is 1.61 bits per heavy atom. The van der Waals surface area contributed by atoms with Gasteiger partial charge >= 0.3 is 13.2 Å². The lowest BCUT2D eigenvalue weighted by Gasteiger charge is -2.32. The molecule has 8 nitrogen and oxygen atoms in total. The number of aromatic nitrogens is 1. The zero-order valence-electron chi connectivity index (χ0n) is 26.4. The molecule has 1 aromatic heterocycles. The molecule has 2 aliphatic rings. The molecule has 2 aliphatic heterocycles.